The minimum absolute atomic E-state index is 0.0424. The van der Waals surface area contributed by atoms with Gasteiger partial charge in [0.1, 0.15) is 6.54 Å². The molecule has 1 heterocycles. The Hall–Kier alpha value is -1.36. The molecule has 18 heavy (non-hydrogen) atoms. The molecule has 0 saturated heterocycles. The Morgan fingerprint density at radius 1 is 1.56 bits per heavy atom. The zero-order valence-electron chi connectivity index (χ0n) is 10.4. The van der Waals surface area contributed by atoms with Gasteiger partial charge in [-0.05, 0) is 43.2 Å². The normalized spacial score (nSPS) is 18.2. The number of carboxylic acid groups (broad SMARTS) is 1. The maximum absolute atomic E-state index is 12.4. The number of hydrogen-bond donors (Lipinski definition) is 1. The van der Waals surface area contributed by atoms with Crippen LogP contribution in [0.15, 0.2) is 11.4 Å². The van der Waals surface area contributed by atoms with Crippen LogP contribution in [0.2, 0.25) is 0 Å². The first kappa shape index (κ1) is 13.1. The summed E-state index contributed by atoms with van der Waals surface area (Å²) >= 11 is 1.69. The summed E-state index contributed by atoms with van der Waals surface area (Å²) in [5.41, 5.74) is 1.11. The molecular weight excluding hydrogens is 250 g/mol. The number of likely N-dealkylation sites (N-methyl/N-ethyl adjacent to an activating group) is 1. The molecule has 0 radical (unpaired) electrons. The lowest BCUT2D eigenvalue weighted by molar-refractivity contribution is -0.145. The van der Waals surface area contributed by atoms with E-state index in [-0.39, 0.29) is 18.4 Å². The number of fused-ring (bicyclic) bond motifs is 1. The minimum Gasteiger partial charge on any atom is -0.480 e. The number of hydrogen-bond acceptors (Lipinski definition) is 3. The maximum atomic E-state index is 12.4. The van der Waals surface area contributed by atoms with Crippen molar-refractivity contribution in [2.24, 2.45) is 0 Å². The Morgan fingerprint density at radius 3 is 3.00 bits per heavy atom. The lowest BCUT2D eigenvalue weighted by Crippen LogP contribution is -2.39. The Balaban J connectivity index is 2.17. The molecule has 2 rings (SSSR count). The number of carbonyl (C=O) groups excluding carboxylic acids is 1. The van der Waals surface area contributed by atoms with Crippen molar-refractivity contribution in [3.05, 3.63) is 21.9 Å². The van der Waals surface area contributed by atoms with Gasteiger partial charge in [0.15, 0.2) is 0 Å². The third kappa shape index (κ3) is 2.56. The smallest absolute Gasteiger partial charge is 0.323 e. The van der Waals surface area contributed by atoms with Gasteiger partial charge < -0.3 is 10.0 Å². The van der Waals surface area contributed by atoms with Gasteiger partial charge in [-0.3, -0.25) is 9.59 Å². The van der Waals surface area contributed by atoms with Crippen molar-refractivity contribution in [2.75, 3.05) is 13.1 Å². The molecule has 0 spiro atoms. The Bertz CT molecular complexity index is 455. The molecule has 0 saturated carbocycles. The number of carboxylic acids is 1. The summed E-state index contributed by atoms with van der Waals surface area (Å²) in [4.78, 5) is 25.9. The molecule has 1 N–H and O–H groups in total. The van der Waals surface area contributed by atoms with E-state index >= 15 is 0 Å². The van der Waals surface area contributed by atoms with Crippen molar-refractivity contribution in [1.29, 1.82) is 0 Å². The zero-order chi connectivity index (χ0) is 13.1. The lowest BCUT2D eigenvalue weighted by atomic mass is 9.86. The SMILES string of the molecule is CCN(CC(=O)O)C(=O)C1CCCc2sccc21. The number of rotatable bonds is 4. The van der Waals surface area contributed by atoms with Gasteiger partial charge in [0.2, 0.25) is 5.91 Å². The summed E-state index contributed by atoms with van der Waals surface area (Å²) in [6, 6.07) is 2.01. The number of carbonyl (C=O) groups is 2. The van der Waals surface area contributed by atoms with Gasteiger partial charge in [-0.25, -0.2) is 0 Å². The van der Waals surface area contributed by atoms with Crippen molar-refractivity contribution in [1.82, 2.24) is 4.90 Å². The summed E-state index contributed by atoms with van der Waals surface area (Å²) < 4.78 is 0. The topological polar surface area (TPSA) is 57.6 Å². The van der Waals surface area contributed by atoms with Crippen LogP contribution in [0.4, 0.5) is 0 Å². The van der Waals surface area contributed by atoms with Crippen LogP contribution in [-0.4, -0.2) is 35.0 Å². The summed E-state index contributed by atoms with van der Waals surface area (Å²) in [6.07, 6.45) is 2.88. The van der Waals surface area contributed by atoms with Crippen molar-refractivity contribution in [3.8, 4) is 0 Å². The average Bonchev–Trinajstić information content (AvgIpc) is 2.82. The summed E-state index contributed by atoms with van der Waals surface area (Å²) in [7, 11) is 0. The van der Waals surface area contributed by atoms with E-state index in [1.807, 2.05) is 18.4 Å². The van der Waals surface area contributed by atoms with Gasteiger partial charge in [-0.2, -0.15) is 0 Å². The van der Waals surface area contributed by atoms with Gasteiger partial charge >= 0.3 is 5.97 Å². The van der Waals surface area contributed by atoms with E-state index < -0.39 is 5.97 Å². The number of aliphatic carboxylic acids is 1. The molecule has 0 aromatic carbocycles. The van der Waals surface area contributed by atoms with Crippen LogP contribution in [0.5, 0.6) is 0 Å². The van der Waals surface area contributed by atoms with Crippen molar-refractivity contribution in [3.63, 3.8) is 0 Å². The molecule has 4 nitrogen and oxygen atoms in total. The maximum Gasteiger partial charge on any atom is 0.323 e. The summed E-state index contributed by atoms with van der Waals surface area (Å²) in [5.74, 6) is -1.13. The minimum atomic E-state index is -0.952. The standard InChI is InChI=1S/C13H17NO3S/c1-2-14(8-12(15)16)13(17)10-4-3-5-11-9(10)6-7-18-11/h6-7,10H,2-5,8H2,1H3,(H,15,16). The third-order valence-corrected chi connectivity index (χ3v) is 4.37. The number of nitrogens with zero attached hydrogens (tertiary/aromatic N) is 1. The second-order valence-corrected chi connectivity index (χ2v) is 5.49. The monoisotopic (exact) mass is 267 g/mol. The predicted molar refractivity (Wildman–Crippen MR) is 69.9 cm³/mol. The van der Waals surface area contributed by atoms with Crippen LogP contribution in [0.25, 0.3) is 0 Å². The van der Waals surface area contributed by atoms with Crippen LogP contribution < -0.4 is 0 Å². The number of thiophene rings is 1. The van der Waals surface area contributed by atoms with Crippen LogP contribution in [0.3, 0.4) is 0 Å². The van der Waals surface area contributed by atoms with Crippen molar-refractivity contribution in [2.45, 2.75) is 32.1 Å². The van der Waals surface area contributed by atoms with E-state index in [1.165, 1.54) is 9.78 Å². The van der Waals surface area contributed by atoms with E-state index in [9.17, 15) is 9.59 Å². The van der Waals surface area contributed by atoms with Gasteiger partial charge in [-0.15, -0.1) is 11.3 Å². The number of aryl methyl sites for hydroxylation is 1. The Morgan fingerprint density at radius 2 is 2.33 bits per heavy atom. The van der Waals surface area contributed by atoms with E-state index in [0.29, 0.717) is 6.54 Å². The first-order chi connectivity index (χ1) is 8.63. The molecule has 1 amide bonds. The summed E-state index contributed by atoms with van der Waals surface area (Å²) in [6.45, 7) is 2.06. The first-order valence-corrected chi connectivity index (χ1v) is 7.08. The molecule has 1 atom stereocenters. The van der Waals surface area contributed by atoms with Crippen LogP contribution >= 0.6 is 11.3 Å². The van der Waals surface area contributed by atoms with Crippen molar-refractivity contribution < 1.29 is 14.7 Å². The van der Waals surface area contributed by atoms with Gasteiger partial charge in [0.25, 0.3) is 0 Å². The molecule has 1 unspecified atom stereocenters. The quantitative estimate of drug-likeness (QED) is 0.909. The summed E-state index contributed by atoms with van der Waals surface area (Å²) in [5, 5.41) is 10.8. The van der Waals surface area contributed by atoms with E-state index in [2.05, 4.69) is 0 Å². The largest absolute Gasteiger partial charge is 0.480 e. The first-order valence-electron chi connectivity index (χ1n) is 6.20. The molecule has 1 aliphatic carbocycles. The predicted octanol–water partition coefficient (Wildman–Crippen LogP) is 2.10. The highest BCUT2D eigenvalue weighted by Crippen LogP contribution is 2.35. The third-order valence-electron chi connectivity index (χ3n) is 3.37. The average molecular weight is 267 g/mol. The second kappa shape index (κ2) is 5.52. The van der Waals surface area contributed by atoms with Crippen LogP contribution in [0, 0.1) is 0 Å². The fourth-order valence-electron chi connectivity index (χ4n) is 2.47. The molecule has 0 aliphatic heterocycles. The molecule has 0 fully saturated rings. The Labute approximate surface area is 110 Å². The van der Waals surface area contributed by atoms with E-state index in [4.69, 9.17) is 5.11 Å². The van der Waals surface area contributed by atoms with E-state index in [1.54, 1.807) is 11.3 Å². The van der Waals surface area contributed by atoms with Gasteiger partial charge in [0, 0.05) is 11.4 Å². The fourth-order valence-corrected chi connectivity index (χ4v) is 3.46. The molecule has 1 aromatic rings. The van der Waals surface area contributed by atoms with Gasteiger partial charge in [0.05, 0.1) is 5.92 Å². The molecule has 1 aromatic heterocycles. The van der Waals surface area contributed by atoms with Crippen molar-refractivity contribution >= 4 is 23.2 Å². The Kier molecular flexibility index (Phi) is 4.01. The highest BCUT2D eigenvalue weighted by molar-refractivity contribution is 7.10. The number of amides is 1. The van der Waals surface area contributed by atoms with Gasteiger partial charge in [-0.1, -0.05) is 0 Å². The zero-order valence-corrected chi connectivity index (χ0v) is 11.2. The highest BCUT2D eigenvalue weighted by Gasteiger charge is 2.30. The molecular formula is C13H17NO3S. The molecule has 5 heteroatoms. The van der Waals surface area contributed by atoms with E-state index in [0.717, 1.165) is 24.8 Å². The highest BCUT2D eigenvalue weighted by atomic mass is 32.1. The fraction of sp³-hybridized carbons (Fsp3) is 0.538. The molecule has 1 aliphatic rings. The molecule has 98 valence electrons. The lowest BCUT2D eigenvalue weighted by Gasteiger charge is -2.27. The molecule has 0 bridgehead atoms. The second-order valence-electron chi connectivity index (χ2n) is 4.49. The van der Waals surface area contributed by atoms with Crippen LogP contribution in [0.1, 0.15) is 36.1 Å². The van der Waals surface area contributed by atoms with Crippen LogP contribution in [-0.2, 0) is 16.0 Å².